The van der Waals surface area contributed by atoms with E-state index in [2.05, 4.69) is 25.9 Å². The second-order valence-corrected chi connectivity index (χ2v) is 5.17. The Morgan fingerprint density at radius 1 is 0.962 bits per heavy atom. The Kier molecular flexibility index (Phi) is 9.18. The fraction of sp³-hybridized carbons (Fsp3) is 0.294. The first-order valence-corrected chi connectivity index (χ1v) is 7.94. The van der Waals surface area contributed by atoms with Crippen LogP contribution in [0.5, 0.6) is 0 Å². The summed E-state index contributed by atoms with van der Waals surface area (Å²) in [4.78, 5) is 32.4. The monoisotopic (exact) mass is 381 g/mol. The maximum absolute atomic E-state index is 12.9. The molecule has 0 saturated carbocycles. The van der Waals surface area contributed by atoms with Gasteiger partial charge in [0.25, 0.3) is 11.8 Å². The second-order valence-electron chi connectivity index (χ2n) is 5.17. The summed E-state index contributed by atoms with van der Waals surface area (Å²) in [6, 6.07) is 5.77. The van der Waals surface area contributed by atoms with Crippen molar-refractivity contribution >= 4 is 24.2 Å². The van der Waals surface area contributed by atoms with Gasteiger partial charge in [0.2, 0.25) is 0 Å². The Bertz CT molecular complexity index is 727. The third kappa shape index (κ3) is 6.38. The van der Waals surface area contributed by atoms with Crippen LogP contribution in [0.1, 0.15) is 33.5 Å². The van der Waals surface area contributed by atoms with Crippen LogP contribution in [0.3, 0.4) is 0 Å². The van der Waals surface area contributed by atoms with Crippen LogP contribution in [-0.4, -0.2) is 41.4 Å². The van der Waals surface area contributed by atoms with Gasteiger partial charge in [-0.05, 0) is 24.2 Å². The average molecular weight is 382 g/mol. The summed E-state index contributed by atoms with van der Waals surface area (Å²) in [5.74, 6) is -1.33. The van der Waals surface area contributed by atoms with E-state index < -0.39 is 11.8 Å². The van der Waals surface area contributed by atoms with Gasteiger partial charge in [0.15, 0.2) is 11.4 Å². The Balaban J connectivity index is 0.00000338. The average Bonchev–Trinajstić information content (AvgIpc) is 2.64. The van der Waals surface area contributed by atoms with Crippen molar-refractivity contribution in [2.24, 2.45) is 0 Å². The lowest BCUT2D eigenvalue weighted by molar-refractivity contribution is 0.0910. The number of amides is 2. The summed E-state index contributed by atoms with van der Waals surface area (Å²) >= 11 is 0. The zero-order chi connectivity index (χ0) is 18.1. The molecule has 1 aromatic carbocycles. The molecule has 2 rings (SSSR count). The minimum absolute atomic E-state index is 0. The van der Waals surface area contributed by atoms with Crippen LogP contribution in [-0.2, 0) is 6.54 Å². The van der Waals surface area contributed by atoms with E-state index in [-0.39, 0.29) is 36.2 Å². The fourth-order valence-corrected chi connectivity index (χ4v) is 2.06. The van der Waals surface area contributed by atoms with Crippen molar-refractivity contribution < 1.29 is 14.0 Å². The molecule has 3 N–H and O–H groups in total. The third-order valence-corrected chi connectivity index (χ3v) is 3.33. The lowest BCUT2D eigenvalue weighted by atomic mass is 10.2. The molecule has 0 unspecified atom stereocenters. The number of rotatable bonds is 8. The molecule has 0 atom stereocenters. The van der Waals surface area contributed by atoms with Crippen LogP contribution in [0, 0.1) is 5.82 Å². The van der Waals surface area contributed by atoms with Crippen LogP contribution in [0.25, 0.3) is 0 Å². The fourth-order valence-electron chi connectivity index (χ4n) is 2.06. The molecule has 0 aliphatic rings. The summed E-state index contributed by atoms with van der Waals surface area (Å²) in [5, 5.41) is 8.41. The topological polar surface area (TPSA) is 96.0 Å². The van der Waals surface area contributed by atoms with Crippen LogP contribution < -0.4 is 16.0 Å². The number of hydrogen-bond acceptors (Lipinski definition) is 5. The molecule has 0 spiro atoms. The maximum atomic E-state index is 12.9. The molecule has 26 heavy (non-hydrogen) atoms. The van der Waals surface area contributed by atoms with Gasteiger partial charge in [-0.1, -0.05) is 19.1 Å². The maximum Gasteiger partial charge on any atom is 0.272 e. The van der Waals surface area contributed by atoms with Gasteiger partial charge in [-0.2, -0.15) is 0 Å². The quantitative estimate of drug-likeness (QED) is 0.599. The lowest BCUT2D eigenvalue weighted by Crippen LogP contribution is -2.34. The van der Waals surface area contributed by atoms with Crippen molar-refractivity contribution in [2.45, 2.75) is 13.5 Å². The lowest BCUT2D eigenvalue weighted by Gasteiger charge is -2.09. The van der Waals surface area contributed by atoms with E-state index in [1.54, 1.807) is 12.1 Å². The molecule has 9 heteroatoms. The van der Waals surface area contributed by atoms with Gasteiger partial charge < -0.3 is 16.0 Å². The summed E-state index contributed by atoms with van der Waals surface area (Å²) in [7, 11) is 0. The highest BCUT2D eigenvalue weighted by atomic mass is 35.5. The molecule has 0 radical (unpaired) electrons. The minimum Gasteiger partial charge on any atom is -0.349 e. The first-order chi connectivity index (χ1) is 12.1. The number of nitrogens with zero attached hydrogens (tertiary/aromatic N) is 2. The molecule has 0 bridgehead atoms. The van der Waals surface area contributed by atoms with E-state index in [1.165, 1.54) is 24.5 Å². The molecular formula is C17H21ClFN5O2. The number of halogens is 2. The van der Waals surface area contributed by atoms with Crippen LogP contribution in [0.15, 0.2) is 36.7 Å². The summed E-state index contributed by atoms with van der Waals surface area (Å²) in [5.41, 5.74) is 0.649. The van der Waals surface area contributed by atoms with Gasteiger partial charge >= 0.3 is 0 Å². The molecule has 2 aromatic rings. The van der Waals surface area contributed by atoms with Crippen molar-refractivity contribution in [2.75, 3.05) is 19.6 Å². The minimum atomic E-state index is -0.519. The predicted molar refractivity (Wildman–Crippen MR) is 97.7 cm³/mol. The standard InChI is InChI=1S/C17H20FN5O2.ClH/c1-2-19-7-8-22-16(24)14-15(21-10-9-20-14)17(25)23-11-12-3-5-13(18)6-4-12;/h3-6,9-10,19H,2,7-8,11H2,1H3,(H,22,24)(H,23,25);1H. The van der Waals surface area contributed by atoms with Crippen LogP contribution in [0.2, 0.25) is 0 Å². The summed E-state index contributed by atoms with van der Waals surface area (Å²) in [6.07, 6.45) is 2.71. The second kappa shape index (κ2) is 11.1. The molecule has 140 valence electrons. The highest BCUT2D eigenvalue weighted by Gasteiger charge is 2.19. The first kappa shape index (κ1) is 21.5. The smallest absolute Gasteiger partial charge is 0.272 e. The van der Waals surface area contributed by atoms with E-state index in [1.807, 2.05) is 6.92 Å². The normalized spacial score (nSPS) is 9.92. The molecule has 2 amide bonds. The number of likely N-dealkylation sites (N-methyl/N-ethyl adjacent to an activating group) is 1. The van der Waals surface area contributed by atoms with Gasteiger partial charge in [-0.25, -0.2) is 14.4 Å². The Labute approximate surface area is 157 Å². The van der Waals surface area contributed by atoms with Crippen molar-refractivity contribution in [3.05, 3.63) is 59.4 Å². The molecule has 0 aliphatic carbocycles. The van der Waals surface area contributed by atoms with E-state index in [4.69, 9.17) is 0 Å². The van der Waals surface area contributed by atoms with Crippen LogP contribution >= 0.6 is 12.4 Å². The Morgan fingerprint density at radius 3 is 2.12 bits per heavy atom. The number of carbonyl (C=O) groups is 2. The van der Waals surface area contributed by atoms with Gasteiger partial charge in [0.05, 0.1) is 0 Å². The van der Waals surface area contributed by atoms with E-state index in [0.717, 1.165) is 12.1 Å². The molecule has 1 heterocycles. The number of carbonyl (C=O) groups excluding carboxylic acids is 2. The molecule has 1 aromatic heterocycles. The summed E-state index contributed by atoms with van der Waals surface area (Å²) < 4.78 is 12.9. The molecule has 7 nitrogen and oxygen atoms in total. The highest BCUT2D eigenvalue weighted by molar-refractivity contribution is 6.04. The Hall–Kier alpha value is -2.58. The largest absolute Gasteiger partial charge is 0.349 e. The van der Waals surface area contributed by atoms with Crippen LogP contribution in [0.4, 0.5) is 4.39 Å². The predicted octanol–water partition coefficient (Wildman–Crippen LogP) is 1.31. The van der Waals surface area contributed by atoms with Gasteiger partial charge in [0.1, 0.15) is 5.82 Å². The van der Waals surface area contributed by atoms with Crippen molar-refractivity contribution in [1.29, 1.82) is 0 Å². The molecule has 0 saturated heterocycles. The number of nitrogens with one attached hydrogen (secondary N) is 3. The SMILES string of the molecule is CCNCCNC(=O)c1nccnc1C(=O)NCc1ccc(F)cc1.Cl. The van der Waals surface area contributed by atoms with Crippen molar-refractivity contribution in [1.82, 2.24) is 25.9 Å². The van der Waals surface area contributed by atoms with E-state index >= 15 is 0 Å². The third-order valence-electron chi connectivity index (χ3n) is 3.33. The van der Waals surface area contributed by atoms with Gasteiger partial charge in [-0.15, -0.1) is 12.4 Å². The molecular weight excluding hydrogens is 361 g/mol. The Morgan fingerprint density at radius 2 is 1.54 bits per heavy atom. The van der Waals surface area contributed by atoms with Gasteiger partial charge in [-0.3, -0.25) is 9.59 Å². The van der Waals surface area contributed by atoms with E-state index in [9.17, 15) is 14.0 Å². The first-order valence-electron chi connectivity index (χ1n) is 7.94. The summed E-state index contributed by atoms with van der Waals surface area (Å²) in [6.45, 7) is 4.00. The number of aromatic nitrogens is 2. The van der Waals surface area contributed by atoms with Crippen molar-refractivity contribution in [3.63, 3.8) is 0 Å². The zero-order valence-electron chi connectivity index (χ0n) is 14.3. The number of benzene rings is 1. The molecule has 0 fully saturated rings. The number of hydrogen-bond donors (Lipinski definition) is 3. The van der Waals surface area contributed by atoms with E-state index in [0.29, 0.717) is 13.1 Å². The zero-order valence-corrected chi connectivity index (χ0v) is 15.1. The van der Waals surface area contributed by atoms with Crippen molar-refractivity contribution in [3.8, 4) is 0 Å². The van der Waals surface area contributed by atoms with Gasteiger partial charge in [0, 0.05) is 32.0 Å². The highest BCUT2D eigenvalue weighted by Crippen LogP contribution is 2.05. The molecule has 0 aliphatic heterocycles.